The number of carbonyl (C=O) groups excluding carboxylic acids is 1. The summed E-state index contributed by atoms with van der Waals surface area (Å²) in [6.45, 7) is 2.36. The molecule has 1 aromatic heterocycles. The van der Waals surface area contributed by atoms with Crippen molar-refractivity contribution >= 4 is 21.8 Å². The fourth-order valence-corrected chi connectivity index (χ4v) is 2.12. The molecule has 0 spiro atoms. The number of carbonyl (C=O) groups is 1. The lowest BCUT2D eigenvalue weighted by Crippen LogP contribution is -2.25. The quantitative estimate of drug-likeness (QED) is 0.867. The van der Waals surface area contributed by atoms with Crippen LogP contribution in [0.5, 0.6) is 0 Å². The van der Waals surface area contributed by atoms with Crippen molar-refractivity contribution in [1.29, 1.82) is 0 Å². The first kappa shape index (κ1) is 12.9. The van der Waals surface area contributed by atoms with Crippen molar-refractivity contribution in [2.24, 2.45) is 0 Å². The molecule has 0 bridgehead atoms. The summed E-state index contributed by atoms with van der Waals surface area (Å²) in [5.74, 6) is 1.62. The maximum absolute atomic E-state index is 12.2. The molecule has 0 aliphatic carbocycles. The second-order valence-electron chi connectivity index (χ2n) is 4.18. The number of hydrogen-bond donors (Lipinski definition) is 0. The molecule has 1 aromatic carbocycles. The molecule has 0 aliphatic heterocycles. The SMILES string of the molecule is Cc1ccc(CN(C)C(=O)c2cccc(Br)c2)o1. The second kappa shape index (κ2) is 5.40. The maximum Gasteiger partial charge on any atom is 0.254 e. The van der Waals surface area contributed by atoms with E-state index in [4.69, 9.17) is 4.42 Å². The van der Waals surface area contributed by atoms with E-state index >= 15 is 0 Å². The zero-order valence-electron chi connectivity index (χ0n) is 10.3. The lowest BCUT2D eigenvalue weighted by Gasteiger charge is -2.15. The van der Waals surface area contributed by atoms with Gasteiger partial charge >= 0.3 is 0 Å². The van der Waals surface area contributed by atoms with Gasteiger partial charge in [-0.25, -0.2) is 0 Å². The van der Waals surface area contributed by atoms with Gasteiger partial charge in [0.25, 0.3) is 5.91 Å². The molecule has 0 N–H and O–H groups in total. The monoisotopic (exact) mass is 307 g/mol. The van der Waals surface area contributed by atoms with E-state index in [1.807, 2.05) is 37.3 Å². The first-order valence-corrected chi connectivity index (χ1v) is 6.42. The number of amides is 1. The van der Waals surface area contributed by atoms with Crippen molar-refractivity contribution in [3.05, 3.63) is 58.0 Å². The van der Waals surface area contributed by atoms with Gasteiger partial charge in [0.15, 0.2) is 0 Å². The van der Waals surface area contributed by atoms with Gasteiger partial charge in [-0.05, 0) is 37.3 Å². The van der Waals surface area contributed by atoms with Gasteiger partial charge in [-0.3, -0.25) is 4.79 Å². The van der Waals surface area contributed by atoms with Gasteiger partial charge in [-0.15, -0.1) is 0 Å². The molecule has 2 rings (SSSR count). The first-order valence-electron chi connectivity index (χ1n) is 5.62. The third-order valence-electron chi connectivity index (χ3n) is 2.61. The van der Waals surface area contributed by atoms with Gasteiger partial charge in [0.05, 0.1) is 6.54 Å². The van der Waals surface area contributed by atoms with Crippen molar-refractivity contribution in [3.8, 4) is 0 Å². The average Bonchev–Trinajstić information content (AvgIpc) is 2.73. The van der Waals surface area contributed by atoms with Crippen LogP contribution in [0.2, 0.25) is 0 Å². The van der Waals surface area contributed by atoms with Crippen LogP contribution in [-0.4, -0.2) is 17.9 Å². The van der Waals surface area contributed by atoms with Gasteiger partial charge in [0.2, 0.25) is 0 Å². The maximum atomic E-state index is 12.2. The Labute approximate surface area is 115 Å². The minimum absolute atomic E-state index is 0.0228. The van der Waals surface area contributed by atoms with E-state index in [9.17, 15) is 4.79 Å². The Kier molecular flexibility index (Phi) is 3.87. The van der Waals surface area contributed by atoms with E-state index in [1.54, 1.807) is 18.0 Å². The summed E-state index contributed by atoms with van der Waals surface area (Å²) in [5.41, 5.74) is 0.662. The summed E-state index contributed by atoms with van der Waals surface area (Å²) in [7, 11) is 1.76. The lowest BCUT2D eigenvalue weighted by molar-refractivity contribution is 0.0775. The Bertz CT molecular complexity index is 562. The highest BCUT2D eigenvalue weighted by molar-refractivity contribution is 9.10. The van der Waals surface area contributed by atoms with E-state index < -0.39 is 0 Å². The fraction of sp³-hybridized carbons (Fsp3) is 0.214. The van der Waals surface area contributed by atoms with E-state index in [1.165, 1.54) is 0 Å². The molecule has 0 saturated carbocycles. The Morgan fingerprint density at radius 1 is 1.33 bits per heavy atom. The molecule has 94 valence electrons. The largest absolute Gasteiger partial charge is 0.464 e. The van der Waals surface area contributed by atoms with Crippen LogP contribution in [0.4, 0.5) is 0 Å². The van der Waals surface area contributed by atoms with Crippen molar-refractivity contribution in [3.63, 3.8) is 0 Å². The Hall–Kier alpha value is -1.55. The lowest BCUT2D eigenvalue weighted by atomic mass is 10.2. The third-order valence-corrected chi connectivity index (χ3v) is 3.10. The van der Waals surface area contributed by atoms with Crippen LogP contribution in [-0.2, 0) is 6.54 Å². The molecule has 1 amide bonds. The average molecular weight is 308 g/mol. The number of rotatable bonds is 3. The highest BCUT2D eigenvalue weighted by atomic mass is 79.9. The summed E-state index contributed by atoms with van der Waals surface area (Å²) in [6, 6.07) is 11.1. The van der Waals surface area contributed by atoms with Gasteiger partial charge in [0, 0.05) is 17.1 Å². The minimum Gasteiger partial charge on any atom is -0.464 e. The van der Waals surface area contributed by atoms with Gasteiger partial charge in [0.1, 0.15) is 11.5 Å². The number of benzene rings is 1. The van der Waals surface area contributed by atoms with Crippen molar-refractivity contribution in [2.75, 3.05) is 7.05 Å². The molecular weight excluding hydrogens is 294 g/mol. The van der Waals surface area contributed by atoms with E-state index in [2.05, 4.69) is 15.9 Å². The number of hydrogen-bond acceptors (Lipinski definition) is 2. The van der Waals surface area contributed by atoms with Gasteiger partial charge in [-0.2, -0.15) is 0 Å². The molecule has 18 heavy (non-hydrogen) atoms. The van der Waals surface area contributed by atoms with Crippen molar-refractivity contribution in [1.82, 2.24) is 4.90 Å². The van der Waals surface area contributed by atoms with Crippen molar-refractivity contribution in [2.45, 2.75) is 13.5 Å². The zero-order valence-corrected chi connectivity index (χ0v) is 11.9. The predicted octanol–water partition coefficient (Wildman–Crippen LogP) is 3.62. The summed E-state index contributed by atoms with van der Waals surface area (Å²) in [6.07, 6.45) is 0. The topological polar surface area (TPSA) is 33.5 Å². The number of halogens is 1. The van der Waals surface area contributed by atoms with Gasteiger partial charge in [-0.1, -0.05) is 22.0 Å². The van der Waals surface area contributed by atoms with E-state index in [0.29, 0.717) is 12.1 Å². The molecule has 4 heteroatoms. The molecule has 0 unspecified atom stereocenters. The van der Waals surface area contributed by atoms with Crippen molar-refractivity contribution < 1.29 is 9.21 Å². The first-order chi connectivity index (χ1) is 8.56. The highest BCUT2D eigenvalue weighted by Crippen LogP contribution is 2.15. The van der Waals surface area contributed by atoms with Crippen LogP contribution >= 0.6 is 15.9 Å². The van der Waals surface area contributed by atoms with Crippen LogP contribution in [0.1, 0.15) is 21.9 Å². The summed E-state index contributed by atoms with van der Waals surface area (Å²) >= 11 is 3.36. The smallest absolute Gasteiger partial charge is 0.254 e. The fourth-order valence-electron chi connectivity index (χ4n) is 1.72. The molecule has 0 fully saturated rings. The molecule has 0 atom stereocenters. The summed E-state index contributed by atoms with van der Waals surface area (Å²) < 4.78 is 6.36. The number of furan rings is 1. The molecule has 2 aromatic rings. The van der Waals surface area contributed by atoms with Crippen LogP contribution in [0.15, 0.2) is 45.3 Å². The predicted molar refractivity (Wildman–Crippen MR) is 73.4 cm³/mol. The normalized spacial score (nSPS) is 10.4. The number of nitrogens with zero attached hydrogens (tertiary/aromatic N) is 1. The summed E-state index contributed by atoms with van der Waals surface area (Å²) in [5, 5.41) is 0. The van der Waals surface area contributed by atoms with Gasteiger partial charge < -0.3 is 9.32 Å². The zero-order chi connectivity index (χ0) is 13.1. The minimum atomic E-state index is -0.0228. The molecule has 0 aliphatic rings. The Balaban J connectivity index is 2.09. The van der Waals surface area contributed by atoms with Crippen LogP contribution in [0.3, 0.4) is 0 Å². The van der Waals surface area contributed by atoms with E-state index in [0.717, 1.165) is 16.0 Å². The molecular formula is C14H14BrNO2. The third kappa shape index (κ3) is 3.01. The summed E-state index contributed by atoms with van der Waals surface area (Å²) in [4.78, 5) is 13.8. The Morgan fingerprint density at radius 2 is 2.11 bits per heavy atom. The Morgan fingerprint density at radius 3 is 2.72 bits per heavy atom. The molecule has 0 saturated heterocycles. The second-order valence-corrected chi connectivity index (χ2v) is 5.10. The number of aryl methyl sites for hydroxylation is 1. The van der Waals surface area contributed by atoms with Crippen LogP contribution in [0.25, 0.3) is 0 Å². The van der Waals surface area contributed by atoms with E-state index in [-0.39, 0.29) is 5.91 Å². The molecule has 1 heterocycles. The van der Waals surface area contributed by atoms with Crippen LogP contribution in [0, 0.1) is 6.92 Å². The highest BCUT2D eigenvalue weighted by Gasteiger charge is 2.13. The standard InChI is InChI=1S/C14H14BrNO2/c1-10-6-7-13(18-10)9-16(2)14(17)11-4-3-5-12(15)8-11/h3-8H,9H2,1-2H3. The molecule has 3 nitrogen and oxygen atoms in total. The molecule has 0 radical (unpaired) electrons. The van der Waals surface area contributed by atoms with Crippen LogP contribution < -0.4 is 0 Å².